The summed E-state index contributed by atoms with van der Waals surface area (Å²) < 4.78 is 0. The molecule has 26 heavy (non-hydrogen) atoms. The van der Waals surface area contributed by atoms with Crippen LogP contribution in [0.5, 0.6) is 5.75 Å². The summed E-state index contributed by atoms with van der Waals surface area (Å²) >= 11 is 6.12. The maximum atomic E-state index is 10.9. The number of nitrogens with zero attached hydrogens (tertiary/aromatic N) is 2. The van der Waals surface area contributed by atoms with Gasteiger partial charge in [-0.25, -0.2) is 0 Å². The van der Waals surface area contributed by atoms with Crippen LogP contribution in [0.2, 0.25) is 5.02 Å². The van der Waals surface area contributed by atoms with E-state index in [0.29, 0.717) is 10.5 Å². The van der Waals surface area contributed by atoms with Gasteiger partial charge in [0.2, 0.25) is 0 Å². The highest BCUT2D eigenvalue weighted by Gasteiger charge is 2.20. The number of rotatable bonds is 4. The van der Waals surface area contributed by atoms with E-state index in [4.69, 9.17) is 11.6 Å². The topological polar surface area (TPSA) is 58.0 Å². The number of hydrogen-bond donors (Lipinski definition) is 2. The van der Waals surface area contributed by atoms with E-state index in [1.165, 1.54) is 0 Å². The average molecular weight is 362 g/mol. The van der Waals surface area contributed by atoms with Crippen LogP contribution in [0.3, 0.4) is 0 Å². The van der Waals surface area contributed by atoms with E-state index in [2.05, 4.69) is 15.3 Å². The van der Waals surface area contributed by atoms with Crippen molar-refractivity contribution in [2.75, 3.05) is 5.32 Å². The number of anilines is 1. The first-order chi connectivity index (χ1) is 12.7. The van der Waals surface area contributed by atoms with Gasteiger partial charge in [-0.15, -0.1) is 0 Å². The molecule has 4 aromatic rings. The maximum Gasteiger partial charge on any atom is 0.147 e. The molecule has 0 radical (unpaired) electrons. The van der Waals surface area contributed by atoms with E-state index in [-0.39, 0.29) is 11.8 Å². The van der Waals surface area contributed by atoms with Crippen LogP contribution in [0.4, 0.5) is 5.69 Å². The van der Waals surface area contributed by atoms with Crippen molar-refractivity contribution in [1.82, 2.24) is 9.97 Å². The first-order valence-corrected chi connectivity index (χ1v) is 8.59. The molecule has 0 aliphatic carbocycles. The minimum atomic E-state index is -0.275. The summed E-state index contributed by atoms with van der Waals surface area (Å²) in [5.41, 5.74) is 3.16. The Kier molecular flexibility index (Phi) is 4.42. The normalized spacial score (nSPS) is 12.0. The molecule has 4 rings (SSSR count). The van der Waals surface area contributed by atoms with Crippen LogP contribution in [0.1, 0.15) is 17.2 Å². The number of fused-ring (bicyclic) bond motifs is 1. The lowest BCUT2D eigenvalue weighted by molar-refractivity contribution is 0.472. The van der Waals surface area contributed by atoms with Gasteiger partial charge in [0.05, 0.1) is 6.04 Å². The lowest BCUT2D eigenvalue weighted by Crippen LogP contribution is -2.13. The summed E-state index contributed by atoms with van der Waals surface area (Å²) in [7, 11) is 0. The molecular weight excluding hydrogens is 346 g/mol. The first kappa shape index (κ1) is 16.4. The van der Waals surface area contributed by atoms with E-state index >= 15 is 0 Å². The fraction of sp³-hybridized carbons (Fsp3) is 0.0476. The Morgan fingerprint density at radius 1 is 0.923 bits per heavy atom. The van der Waals surface area contributed by atoms with Crippen LogP contribution < -0.4 is 5.32 Å². The Morgan fingerprint density at radius 3 is 2.58 bits per heavy atom. The monoisotopic (exact) mass is 361 g/mol. The van der Waals surface area contributed by atoms with Crippen LogP contribution >= 0.6 is 11.6 Å². The van der Waals surface area contributed by atoms with Crippen molar-refractivity contribution in [3.63, 3.8) is 0 Å². The zero-order chi connectivity index (χ0) is 17.9. The Balaban J connectivity index is 1.84. The second-order valence-electron chi connectivity index (χ2n) is 5.95. The summed E-state index contributed by atoms with van der Waals surface area (Å²) in [6.45, 7) is 0. The third kappa shape index (κ3) is 3.19. The molecule has 128 valence electrons. The average Bonchev–Trinajstić information content (AvgIpc) is 2.68. The zero-order valence-electron chi connectivity index (χ0n) is 13.8. The summed E-state index contributed by atoms with van der Waals surface area (Å²) in [6.07, 6.45) is 5.15. The molecule has 0 aliphatic heterocycles. The van der Waals surface area contributed by atoms with Crippen LogP contribution in [0.25, 0.3) is 10.9 Å². The number of halogens is 1. The number of pyridine rings is 2. The molecular formula is C21H16ClN3O. The lowest BCUT2D eigenvalue weighted by Gasteiger charge is -2.22. The summed E-state index contributed by atoms with van der Waals surface area (Å²) in [5, 5.41) is 15.9. The Bertz CT molecular complexity index is 1050. The maximum absolute atomic E-state index is 10.9. The number of hydrogen-bond acceptors (Lipinski definition) is 4. The quantitative estimate of drug-likeness (QED) is 0.525. The van der Waals surface area contributed by atoms with Crippen molar-refractivity contribution in [1.29, 1.82) is 0 Å². The predicted molar refractivity (Wildman–Crippen MR) is 105 cm³/mol. The molecule has 2 heterocycles. The highest BCUT2D eigenvalue weighted by molar-refractivity contribution is 6.30. The number of phenols is 1. The van der Waals surface area contributed by atoms with Crippen molar-refractivity contribution in [2.45, 2.75) is 6.04 Å². The molecule has 0 spiro atoms. The van der Waals surface area contributed by atoms with Gasteiger partial charge in [-0.2, -0.15) is 0 Å². The molecule has 0 bridgehead atoms. The number of aromatic nitrogens is 2. The van der Waals surface area contributed by atoms with Crippen molar-refractivity contribution >= 4 is 28.2 Å². The van der Waals surface area contributed by atoms with Gasteiger partial charge in [-0.3, -0.25) is 9.97 Å². The summed E-state index contributed by atoms with van der Waals surface area (Å²) in [5.74, 6) is 0.166. The van der Waals surface area contributed by atoms with E-state index in [0.717, 1.165) is 22.2 Å². The molecule has 0 saturated heterocycles. The van der Waals surface area contributed by atoms with E-state index in [9.17, 15) is 5.11 Å². The molecule has 0 amide bonds. The molecule has 5 heteroatoms. The van der Waals surface area contributed by atoms with Gasteiger partial charge in [-0.05, 0) is 42.0 Å². The minimum Gasteiger partial charge on any atom is -0.505 e. The third-order valence-electron chi connectivity index (χ3n) is 4.27. The highest BCUT2D eigenvalue weighted by Crippen LogP contribution is 2.36. The summed E-state index contributed by atoms with van der Waals surface area (Å²) in [6, 6.07) is 18.7. The number of nitrogens with one attached hydrogen (secondary N) is 1. The minimum absolute atomic E-state index is 0.166. The predicted octanol–water partition coefficient (Wildman–Crippen LogP) is 5.19. The number of benzene rings is 2. The van der Waals surface area contributed by atoms with E-state index in [1.807, 2.05) is 60.7 Å². The number of aromatic hydroxyl groups is 1. The second kappa shape index (κ2) is 7.02. The summed E-state index contributed by atoms with van der Waals surface area (Å²) in [4.78, 5) is 8.42. The van der Waals surface area contributed by atoms with Gasteiger partial charge in [0, 0.05) is 40.3 Å². The van der Waals surface area contributed by atoms with E-state index in [1.54, 1.807) is 18.6 Å². The third-order valence-corrected chi connectivity index (χ3v) is 4.50. The smallest absolute Gasteiger partial charge is 0.147 e. The van der Waals surface area contributed by atoms with Crippen LogP contribution in [0, 0.1) is 0 Å². The fourth-order valence-electron chi connectivity index (χ4n) is 3.02. The van der Waals surface area contributed by atoms with Crippen LogP contribution in [-0.4, -0.2) is 15.1 Å². The molecule has 0 aliphatic rings. The zero-order valence-corrected chi connectivity index (χ0v) is 14.6. The van der Waals surface area contributed by atoms with Crippen molar-refractivity contribution in [3.8, 4) is 5.75 Å². The second-order valence-corrected chi connectivity index (χ2v) is 6.38. The van der Waals surface area contributed by atoms with Gasteiger partial charge >= 0.3 is 0 Å². The molecule has 1 atom stereocenters. The Hall–Kier alpha value is -3.11. The molecule has 2 aromatic carbocycles. The Morgan fingerprint density at radius 2 is 1.77 bits per heavy atom. The molecule has 0 fully saturated rings. The standard InChI is InChI=1S/C21H16ClN3O/c22-16-4-1-5-17(13-16)25-19(15-8-11-23-12-9-15)18-7-6-14-3-2-10-24-20(14)21(18)26/h1-13,19,25-26H/t19-/m0/s1. The van der Waals surface area contributed by atoms with Crippen molar-refractivity contribution in [2.24, 2.45) is 0 Å². The molecule has 2 N–H and O–H groups in total. The molecule has 0 unspecified atom stereocenters. The number of phenolic OH excluding ortho intramolecular Hbond substituents is 1. The molecule has 0 saturated carbocycles. The fourth-order valence-corrected chi connectivity index (χ4v) is 3.21. The first-order valence-electron chi connectivity index (χ1n) is 8.21. The molecule has 4 nitrogen and oxygen atoms in total. The highest BCUT2D eigenvalue weighted by atomic mass is 35.5. The van der Waals surface area contributed by atoms with E-state index < -0.39 is 0 Å². The van der Waals surface area contributed by atoms with Gasteiger partial charge in [0.25, 0.3) is 0 Å². The van der Waals surface area contributed by atoms with Gasteiger partial charge in [0.1, 0.15) is 11.3 Å². The largest absolute Gasteiger partial charge is 0.505 e. The lowest BCUT2D eigenvalue weighted by atomic mass is 9.96. The van der Waals surface area contributed by atoms with Gasteiger partial charge in [-0.1, -0.05) is 35.9 Å². The van der Waals surface area contributed by atoms with Gasteiger partial charge < -0.3 is 10.4 Å². The Labute approximate surface area is 156 Å². The van der Waals surface area contributed by atoms with Gasteiger partial charge in [0.15, 0.2) is 0 Å². The SMILES string of the molecule is Oc1c([C@@H](Nc2cccc(Cl)c2)c2ccncc2)ccc2cccnc12. The molecule has 2 aromatic heterocycles. The van der Waals surface area contributed by atoms with Crippen LogP contribution in [-0.2, 0) is 0 Å². The van der Waals surface area contributed by atoms with Crippen molar-refractivity contribution in [3.05, 3.63) is 95.4 Å². The van der Waals surface area contributed by atoms with Crippen molar-refractivity contribution < 1.29 is 5.11 Å². The van der Waals surface area contributed by atoms with Crippen LogP contribution in [0.15, 0.2) is 79.3 Å².